The van der Waals surface area contributed by atoms with E-state index in [-0.39, 0.29) is 11.2 Å². The molecule has 0 amide bonds. The van der Waals surface area contributed by atoms with Crippen molar-refractivity contribution in [3.63, 3.8) is 0 Å². The van der Waals surface area contributed by atoms with Crippen LogP contribution in [0.15, 0.2) is 64.1 Å². The molecule has 0 saturated heterocycles. The number of hydrogen-bond donors (Lipinski definition) is 0. The van der Waals surface area contributed by atoms with Crippen molar-refractivity contribution in [1.82, 2.24) is 9.97 Å². The average molecular weight is 375 g/mol. The van der Waals surface area contributed by atoms with Crippen LogP contribution in [0, 0.1) is 11.2 Å². The summed E-state index contributed by atoms with van der Waals surface area (Å²) in [6, 6.07) is 11.9. The summed E-state index contributed by atoms with van der Waals surface area (Å²) in [5.41, 5.74) is 4.22. The maximum atomic E-state index is 13.3. The maximum absolute atomic E-state index is 13.3. The summed E-state index contributed by atoms with van der Waals surface area (Å²) >= 11 is 0. The summed E-state index contributed by atoms with van der Waals surface area (Å²) < 4.78 is 19.5. The first-order chi connectivity index (χ1) is 13.4. The second-order valence-corrected chi connectivity index (χ2v) is 7.86. The quantitative estimate of drug-likeness (QED) is 0.580. The third-order valence-electron chi connectivity index (χ3n) is 4.66. The van der Waals surface area contributed by atoms with Crippen LogP contribution in [0.1, 0.15) is 33.0 Å². The summed E-state index contributed by atoms with van der Waals surface area (Å²) in [6.07, 6.45) is 4.62. The number of oxazole rings is 1. The van der Waals surface area contributed by atoms with Crippen LogP contribution in [-0.2, 0) is 0 Å². The van der Waals surface area contributed by atoms with E-state index in [0.717, 1.165) is 29.0 Å². The molecule has 5 heteroatoms. The topological polar surface area (TPSA) is 51.3 Å². The molecule has 0 fully saturated rings. The first-order valence-electron chi connectivity index (χ1n) is 9.36. The lowest BCUT2D eigenvalue weighted by Crippen LogP contribution is -2.21. The zero-order valence-electron chi connectivity index (χ0n) is 16.2. The maximum Gasteiger partial charge on any atom is 0.227 e. The molecule has 0 atom stereocenters. The Morgan fingerprint density at radius 2 is 1.82 bits per heavy atom. The van der Waals surface area contributed by atoms with Gasteiger partial charge in [0.2, 0.25) is 5.89 Å². The molecule has 0 saturated carbocycles. The highest BCUT2D eigenvalue weighted by Crippen LogP contribution is 2.36. The summed E-state index contributed by atoms with van der Waals surface area (Å²) in [4.78, 5) is 13.8. The van der Waals surface area contributed by atoms with Crippen LogP contribution >= 0.6 is 0 Å². The smallest absolute Gasteiger partial charge is 0.227 e. The highest BCUT2D eigenvalue weighted by Gasteiger charge is 2.25. The molecular formula is C23H22FN3O. The van der Waals surface area contributed by atoms with Crippen LogP contribution in [0.4, 0.5) is 4.39 Å². The van der Waals surface area contributed by atoms with E-state index in [9.17, 15) is 4.39 Å². The van der Waals surface area contributed by atoms with Gasteiger partial charge in [-0.1, -0.05) is 26.8 Å². The van der Waals surface area contributed by atoms with Gasteiger partial charge in [0.05, 0.1) is 5.69 Å². The van der Waals surface area contributed by atoms with Crippen molar-refractivity contribution in [2.45, 2.75) is 27.2 Å². The van der Waals surface area contributed by atoms with Gasteiger partial charge in [0.1, 0.15) is 11.5 Å². The third kappa shape index (κ3) is 3.65. The Bertz CT molecular complexity index is 1040. The number of nitrogens with zero attached hydrogens (tertiary/aromatic N) is 3. The van der Waals surface area contributed by atoms with Crippen LogP contribution in [0.3, 0.4) is 0 Å². The third-order valence-corrected chi connectivity index (χ3v) is 4.66. The molecule has 1 aromatic carbocycles. The Kier molecular flexibility index (Phi) is 4.67. The molecule has 0 spiro atoms. The number of aliphatic imine (C=N–C) groups is 1. The van der Waals surface area contributed by atoms with Crippen LogP contribution in [0.25, 0.3) is 28.4 Å². The van der Waals surface area contributed by atoms with E-state index in [0.29, 0.717) is 23.9 Å². The highest BCUT2D eigenvalue weighted by atomic mass is 19.1. The largest absolute Gasteiger partial charge is 0.436 e. The van der Waals surface area contributed by atoms with Crippen molar-refractivity contribution in [2.24, 2.45) is 10.4 Å². The minimum atomic E-state index is -0.290. The summed E-state index contributed by atoms with van der Waals surface area (Å²) in [5, 5.41) is 0. The minimum Gasteiger partial charge on any atom is -0.436 e. The number of aromatic nitrogens is 2. The molecule has 1 aliphatic rings. The number of rotatable bonds is 3. The van der Waals surface area contributed by atoms with Crippen LogP contribution < -0.4 is 0 Å². The average Bonchev–Trinajstić information content (AvgIpc) is 3.14. The second-order valence-electron chi connectivity index (χ2n) is 7.86. The Morgan fingerprint density at radius 3 is 2.50 bits per heavy atom. The van der Waals surface area contributed by atoms with Crippen LogP contribution in [0.2, 0.25) is 0 Å². The Labute approximate surface area is 163 Å². The van der Waals surface area contributed by atoms with Gasteiger partial charge in [-0.15, -0.1) is 0 Å². The van der Waals surface area contributed by atoms with E-state index in [1.165, 1.54) is 12.1 Å². The van der Waals surface area contributed by atoms with Crippen molar-refractivity contribution < 1.29 is 8.81 Å². The SMILES string of the molecule is CC(C)(C)C1=NCCC(c2oc(-c3ccc(F)cc3)nc2-c2ccccn2)=C1. The number of halogens is 1. The lowest BCUT2D eigenvalue weighted by Gasteiger charge is -2.23. The van der Waals surface area contributed by atoms with Gasteiger partial charge in [0, 0.05) is 35.0 Å². The van der Waals surface area contributed by atoms with Gasteiger partial charge in [-0.3, -0.25) is 9.98 Å². The Hall–Kier alpha value is -3.08. The van der Waals surface area contributed by atoms with Crippen molar-refractivity contribution >= 4 is 11.3 Å². The van der Waals surface area contributed by atoms with Crippen LogP contribution in [0.5, 0.6) is 0 Å². The molecule has 2 aromatic heterocycles. The molecule has 0 bridgehead atoms. The number of benzene rings is 1. The van der Waals surface area contributed by atoms with Crippen molar-refractivity contribution in [3.05, 3.63) is 66.3 Å². The Balaban J connectivity index is 1.85. The molecule has 4 rings (SSSR count). The fourth-order valence-electron chi connectivity index (χ4n) is 3.14. The standard InChI is InChI=1S/C23H22FN3O/c1-23(2,3)19-14-16(11-13-26-19)21-20(18-6-4-5-12-25-18)27-22(28-21)15-7-9-17(24)10-8-15/h4-10,12,14H,11,13H2,1-3H3. The summed E-state index contributed by atoms with van der Waals surface area (Å²) in [6.45, 7) is 7.16. The number of hydrogen-bond acceptors (Lipinski definition) is 4. The molecule has 1 aliphatic heterocycles. The molecule has 3 heterocycles. The molecule has 28 heavy (non-hydrogen) atoms. The van der Waals surface area contributed by atoms with E-state index >= 15 is 0 Å². The van der Waals surface area contributed by atoms with Gasteiger partial charge in [-0.2, -0.15) is 0 Å². The van der Waals surface area contributed by atoms with Gasteiger partial charge in [0.25, 0.3) is 0 Å². The molecular weight excluding hydrogens is 353 g/mol. The first kappa shape index (κ1) is 18.3. The van der Waals surface area contributed by atoms with E-state index in [1.54, 1.807) is 18.3 Å². The normalized spacial score (nSPS) is 14.6. The number of allylic oxidation sites excluding steroid dienone is 1. The van der Waals surface area contributed by atoms with Crippen molar-refractivity contribution in [2.75, 3.05) is 6.54 Å². The van der Waals surface area contributed by atoms with E-state index < -0.39 is 0 Å². The molecule has 3 aromatic rings. The fraction of sp³-hybridized carbons (Fsp3) is 0.261. The molecule has 4 nitrogen and oxygen atoms in total. The van der Waals surface area contributed by atoms with Gasteiger partial charge in [-0.25, -0.2) is 9.37 Å². The molecule has 0 unspecified atom stereocenters. The van der Waals surface area contributed by atoms with E-state index in [4.69, 9.17) is 9.40 Å². The lowest BCUT2D eigenvalue weighted by molar-refractivity contribution is 0.556. The van der Waals surface area contributed by atoms with Crippen molar-refractivity contribution in [1.29, 1.82) is 0 Å². The van der Waals surface area contributed by atoms with Crippen molar-refractivity contribution in [3.8, 4) is 22.8 Å². The second kappa shape index (κ2) is 7.15. The van der Waals surface area contributed by atoms with Gasteiger partial charge < -0.3 is 4.42 Å². The first-order valence-corrected chi connectivity index (χ1v) is 9.36. The monoisotopic (exact) mass is 375 g/mol. The molecule has 142 valence electrons. The van der Waals surface area contributed by atoms with Crippen LogP contribution in [-0.4, -0.2) is 22.2 Å². The predicted octanol–water partition coefficient (Wildman–Crippen LogP) is 5.82. The van der Waals surface area contributed by atoms with E-state index in [1.807, 2.05) is 18.2 Å². The summed E-state index contributed by atoms with van der Waals surface area (Å²) in [7, 11) is 0. The molecule has 0 N–H and O–H groups in total. The van der Waals surface area contributed by atoms with E-state index in [2.05, 4.69) is 36.8 Å². The molecule has 0 aliphatic carbocycles. The number of pyridine rings is 1. The number of dihydropyridines is 1. The zero-order valence-corrected chi connectivity index (χ0v) is 16.2. The van der Waals surface area contributed by atoms with Gasteiger partial charge in [-0.05, 0) is 48.9 Å². The summed E-state index contributed by atoms with van der Waals surface area (Å²) in [5.74, 6) is 0.868. The highest BCUT2D eigenvalue weighted by molar-refractivity contribution is 6.05. The lowest BCUT2D eigenvalue weighted by atomic mass is 9.86. The fourth-order valence-corrected chi connectivity index (χ4v) is 3.14. The Morgan fingerprint density at radius 1 is 1.04 bits per heavy atom. The predicted molar refractivity (Wildman–Crippen MR) is 109 cm³/mol. The van der Waals surface area contributed by atoms with Gasteiger partial charge >= 0.3 is 0 Å². The molecule has 0 radical (unpaired) electrons. The van der Waals surface area contributed by atoms with Gasteiger partial charge in [0.15, 0.2) is 5.76 Å². The minimum absolute atomic E-state index is 0.0450. The zero-order chi connectivity index (χ0) is 19.7.